The average molecular weight is 406 g/mol. The van der Waals surface area contributed by atoms with Crippen LogP contribution in [0.15, 0.2) is 72.8 Å². The molecule has 3 aromatic rings. The number of esters is 1. The maximum Gasteiger partial charge on any atom is 0.406 e. The van der Waals surface area contributed by atoms with Crippen molar-refractivity contribution in [2.45, 2.75) is 20.0 Å². The molecule has 1 unspecified atom stereocenters. The first-order chi connectivity index (χ1) is 12.9. The summed E-state index contributed by atoms with van der Waals surface area (Å²) >= 11 is 5.38. The van der Waals surface area contributed by atoms with Crippen molar-refractivity contribution in [2.75, 3.05) is 0 Å². The zero-order valence-electron chi connectivity index (χ0n) is 14.9. The molecule has 0 radical (unpaired) electrons. The van der Waals surface area contributed by atoms with Crippen molar-refractivity contribution in [2.24, 2.45) is 5.50 Å². The molecule has 1 atom stereocenters. The minimum Gasteiger partial charge on any atom is -0.461 e. The van der Waals surface area contributed by atoms with E-state index in [4.69, 9.17) is 26.0 Å². The molecule has 0 saturated heterocycles. The molecule has 0 saturated carbocycles. The minimum absolute atomic E-state index is 0.154. The van der Waals surface area contributed by atoms with Crippen LogP contribution in [-0.2, 0) is 20.7 Å². The summed E-state index contributed by atoms with van der Waals surface area (Å²) in [6.07, 6.45) is 0.437. The molecule has 0 fully saturated rings. The van der Waals surface area contributed by atoms with Gasteiger partial charge in [0.1, 0.15) is 12.4 Å². The average Bonchev–Trinajstić information content (AvgIpc) is 2.66. The van der Waals surface area contributed by atoms with Gasteiger partial charge < -0.3 is 9.26 Å². The predicted octanol–water partition coefficient (Wildman–Crippen LogP) is 5.66. The number of carbonyl (C=O) groups excluding carboxylic acids is 1. The lowest BCUT2D eigenvalue weighted by molar-refractivity contribution is -0.144. The van der Waals surface area contributed by atoms with Gasteiger partial charge in [0.2, 0.25) is 0 Å². The summed E-state index contributed by atoms with van der Waals surface area (Å²) < 4.78 is 21.1. The Balaban J connectivity index is 0.000000199. The molecule has 0 bridgehead atoms. The van der Waals surface area contributed by atoms with Gasteiger partial charge in [-0.05, 0) is 17.0 Å². The van der Waals surface area contributed by atoms with Gasteiger partial charge in [-0.25, -0.2) is 10.1 Å². The van der Waals surface area contributed by atoms with Crippen LogP contribution in [0.25, 0.3) is 10.8 Å². The Morgan fingerprint density at radius 2 is 1.63 bits per heavy atom. The fourth-order valence-corrected chi connectivity index (χ4v) is 2.90. The highest BCUT2D eigenvalue weighted by Gasteiger charge is 2.14. The molecule has 0 spiro atoms. The first-order valence-corrected chi connectivity index (χ1v) is 10.9. The molecule has 142 valence electrons. The predicted molar refractivity (Wildman–Crippen MR) is 109 cm³/mol. The Morgan fingerprint density at radius 1 is 1.00 bits per heavy atom. The van der Waals surface area contributed by atoms with Crippen LogP contribution in [0.1, 0.15) is 18.9 Å². The van der Waals surface area contributed by atoms with Crippen LogP contribution in [0, 0.1) is 0 Å². The molecule has 0 aliphatic rings. The normalized spacial score (nSPS) is 12.4. The second-order valence-corrected chi connectivity index (χ2v) is 8.23. The lowest BCUT2D eigenvalue weighted by Gasteiger charge is -2.09. The van der Waals surface area contributed by atoms with Gasteiger partial charge in [0.25, 0.3) is 0 Å². The zero-order valence-corrected chi connectivity index (χ0v) is 16.5. The van der Waals surface area contributed by atoms with Gasteiger partial charge in [-0.1, -0.05) is 73.7 Å². The number of rotatable bonds is 5. The third-order valence-electron chi connectivity index (χ3n) is 3.50. The summed E-state index contributed by atoms with van der Waals surface area (Å²) in [6, 6.07) is 22.6. The first kappa shape index (κ1) is 21.0. The third kappa shape index (κ3) is 7.43. The quantitative estimate of drug-likeness (QED) is 0.437. The van der Waals surface area contributed by atoms with E-state index < -0.39 is 6.87 Å². The Labute approximate surface area is 163 Å². The second kappa shape index (κ2) is 10.1. The highest BCUT2D eigenvalue weighted by Crippen LogP contribution is 2.45. The highest BCUT2D eigenvalue weighted by atomic mass is 35.7. The molecule has 7 heteroatoms. The lowest BCUT2D eigenvalue weighted by atomic mass is 10.1. The molecular formula is C20H21ClNO4P. The lowest BCUT2D eigenvalue weighted by Crippen LogP contribution is -2.01. The van der Waals surface area contributed by atoms with Crippen molar-refractivity contribution in [3.63, 3.8) is 0 Å². The molecule has 2 N–H and O–H groups in total. The molecule has 0 heterocycles. The van der Waals surface area contributed by atoms with Crippen LogP contribution >= 0.6 is 18.1 Å². The molecular weight excluding hydrogens is 385 g/mol. The van der Waals surface area contributed by atoms with Crippen molar-refractivity contribution < 1.29 is 18.6 Å². The number of hydrogen-bond acceptors (Lipinski definition) is 4. The Bertz CT molecular complexity index is 922. The van der Waals surface area contributed by atoms with Gasteiger partial charge in [0.05, 0.1) is 0 Å². The van der Waals surface area contributed by atoms with E-state index in [-0.39, 0.29) is 5.97 Å². The van der Waals surface area contributed by atoms with E-state index in [0.29, 0.717) is 18.8 Å². The maximum absolute atomic E-state index is 11.1. The minimum atomic E-state index is -3.52. The number of ether oxygens (including phenoxy) is 1. The van der Waals surface area contributed by atoms with Crippen LogP contribution < -0.4 is 10.0 Å². The van der Waals surface area contributed by atoms with E-state index in [2.05, 4.69) is 0 Å². The highest BCUT2D eigenvalue weighted by molar-refractivity contribution is 7.83. The van der Waals surface area contributed by atoms with Crippen LogP contribution in [-0.4, -0.2) is 5.97 Å². The number of nitrogens with two attached hydrogens (primary N) is 1. The smallest absolute Gasteiger partial charge is 0.406 e. The molecule has 0 amide bonds. The summed E-state index contributed by atoms with van der Waals surface area (Å²) in [7, 11) is 0. The van der Waals surface area contributed by atoms with Crippen LogP contribution in [0.4, 0.5) is 0 Å². The SMILES string of the molecule is CCC(=O)OCc1ccccc1.NP(=O)(Cl)Oc1cccc2ccccc12. The van der Waals surface area contributed by atoms with Crippen LogP contribution in [0.2, 0.25) is 0 Å². The fraction of sp³-hybridized carbons (Fsp3) is 0.150. The summed E-state index contributed by atoms with van der Waals surface area (Å²) in [4.78, 5) is 10.8. The van der Waals surface area contributed by atoms with Crippen molar-refractivity contribution in [1.29, 1.82) is 0 Å². The summed E-state index contributed by atoms with van der Waals surface area (Å²) in [6.45, 7) is -1.35. The van der Waals surface area contributed by atoms with Crippen molar-refractivity contribution >= 4 is 34.9 Å². The molecule has 0 aliphatic carbocycles. The molecule has 3 rings (SSSR count). The van der Waals surface area contributed by atoms with E-state index in [1.807, 2.05) is 60.7 Å². The van der Waals surface area contributed by atoms with E-state index in [1.54, 1.807) is 19.1 Å². The first-order valence-electron chi connectivity index (χ1n) is 8.34. The Morgan fingerprint density at radius 3 is 2.30 bits per heavy atom. The maximum atomic E-state index is 11.1. The monoisotopic (exact) mass is 405 g/mol. The topological polar surface area (TPSA) is 78.6 Å². The van der Waals surface area contributed by atoms with Crippen molar-refractivity contribution in [1.82, 2.24) is 0 Å². The van der Waals surface area contributed by atoms with Gasteiger partial charge in [0.15, 0.2) is 0 Å². The third-order valence-corrected chi connectivity index (χ3v) is 4.16. The standard InChI is InChI=1S/C10H9ClNO2P.C10H12O2/c11-15(12,13)14-10-7-3-5-8-4-1-2-6-9(8)10;1-2-10(11)12-8-9-6-4-3-5-7-9/h1-7H,(H2,12,13);3-7H,2,8H2,1H3. The Kier molecular flexibility index (Phi) is 7.86. The summed E-state index contributed by atoms with van der Waals surface area (Å²) in [5.74, 6) is 0.285. The molecule has 3 aromatic carbocycles. The molecule has 0 aromatic heterocycles. The molecule has 27 heavy (non-hydrogen) atoms. The van der Waals surface area contributed by atoms with Gasteiger partial charge in [0, 0.05) is 23.0 Å². The van der Waals surface area contributed by atoms with E-state index in [0.717, 1.165) is 16.3 Å². The van der Waals surface area contributed by atoms with Gasteiger partial charge in [-0.3, -0.25) is 4.79 Å². The van der Waals surface area contributed by atoms with Gasteiger partial charge in [-0.2, -0.15) is 0 Å². The largest absolute Gasteiger partial charge is 0.461 e. The summed E-state index contributed by atoms with van der Waals surface area (Å²) in [5.41, 5.74) is 6.18. The Hall–Kier alpha value is -2.33. The number of hydrogen-bond donors (Lipinski definition) is 1. The van der Waals surface area contributed by atoms with E-state index >= 15 is 0 Å². The van der Waals surface area contributed by atoms with E-state index in [9.17, 15) is 9.36 Å². The fourth-order valence-electron chi connectivity index (χ4n) is 2.25. The van der Waals surface area contributed by atoms with Gasteiger partial charge >= 0.3 is 12.8 Å². The van der Waals surface area contributed by atoms with Crippen LogP contribution in [0.5, 0.6) is 5.75 Å². The van der Waals surface area contributed by atoms with E-state index in [1.165, 1.54) is 0 Å². The van der Waals surface area contributed by atoms with Crippen molar-refractivity contribution in [3.05, 3.63) is 78.4 Å². The second-order valence-electron chi connectivity index (χ2n) is 5.59. The van der Waals surface area contributed by atoms with Gasteiger partial charge in [-0.15, -0.1) is 0 Å². The number of benzene rings is 3. The van der Waals surface area contributed by atoms with Crippen molar-refractivity contribution in [3.8, 4) is 5.75 Å². The number of halogens is 1. The number of carbonyl (C=O) groups is 1. The molecule has 5 nitrogen and oxygen atoms in total. The summed E-state index contributed by atoms with van der Waals surface area (Å²) in [5, 5.41) is 1.83. The van der Waals surface area contributed by atoms with Crippen LogP contribution in [0.3, 0.4) is 0 Å². The molecule has 0 aliphatic heterocycles. The zero-order chi connectivity index (χ0) is 19.7. The number of fused-ring (bicyclic) bond motifs is 1.